The summed E-state index contributed by atoms with van der Waals surface area (Å²) < 4.78 is 5.98. The minimum atomic E-state index is 0.461. The van der Waals surface area contributed by atoms with Crippen LogP contribution in [0.3, 0.4) is 0 Å². The lowest BCUT2D eigenvalue weighted by Gasteiger charge is -2.43. The zero-order chi connectivity index (χ0) is 14.7. The molecule has 3 unspecified atom stereocenters. The highest BCUT2D eigenvalue weighted by Gasteiger charge is 2.39. The molecule has 3 atom stereocenters. The molecule has 1 aliphatic carbocycles. The number of hydrogen-bond donors (Lipinski definition) is 1. The second-order valence-corrected chi connectivity index (χ2v) is 6.63. The molecule has 1 aliphatic heterocycles. The van der Waals surface area contributed by atoms with Gasteiger partial charge in [0.1, 0.15) is 0 Å². The first-order valence-electron chi connectivity index (χ1n) is 8.41. The molecule has 0 spiro atoms. The summed E-state index contributed by atoms with van der Waals surface area (Å²) >= 11 is 0. The number of nitrogens with zero attached hydrogens (tertiary/aromatic N) is 1. The minimum absolute atomic E-state index is 0.461. The van der Waals surface area contributed by atoms with Gasteiger partial charge >= 0.3 is 0 Å². The first-order valence-corrected chi connectivity index (χ1v) is 8.41. The monoisotopic (exact) mass is 288 g/mol. The van der Waals surface area contributed by atoms with Crippen LogP contribution in [0, 0.1) is 0 Å². The predicted molar refractivity (Wildman–Crippen MR) is 86.4 cm³/mol. The quantitative estimate of drug-likeness (QED) is 0.901. The molecule has 1 saturated carbocycles. The fourth-order valence-electron chi connectivity index (χ4n) is 3.79. The summed E-state index contributed by atoms with van der Waals surface area (Å²) in [4.78, 5) is 2.70. The Morgan fingerprint density at radius 3 is 2.81 bits per heavy atom. The van der Waals surface area contributed by atoms with E-state index in [1.807, 2.05) is 0 Å². The van der Waals surface area contributed by atoms with E-state index in [4.69, 9.17) is 4.74 Å². The maximum absolute atomic E-state index is 5.98. The molecular formula is C18H28N2O. The Kier molecular flexibility index (Phi) is 4.94. The molecule has 1 heterocycles. The van der Waals surface area contributed by atoms with Crippen LogP contribution in [0.2, 0.25) is 0 Å². The van der Waals surface area contributed by atoms with Gasteiger partial charge in [-0.05, 0) is 24.8 Å². The van der Waals surface area contributed by atoms with Gasteiger partial charge in [0.25, 0.3) is 0 Å². The van der Waals surface area contributed by atoms with Crippen molar-refractivity contribution in [3.05, 3.63) is 35.9 Å². The van der Waals surface area contributed by atoms with Crippen molar-refractivity contribution in [2.75, 3.05) is 19.7 Å². The van der Waals surface area contributed by atoms with Crippen molar-refractivity contribution in [3.63, 3.8) is 0 Å². The number of nitrogens with one attached hydrogen (secondary N) is 1. The summed E-state index contributed by atoms with van der Waals surface area (Å²) in [5.41, 5.74) is 1.43. The average molecular weight is 288 g/mol. The molecule has 1 aromatic rings. The maximum Gasteiger partial charge on any atom is 0.0731 e. The molecule has 2 aliphatic rings. The highest BCUT2D eigenvalue weighted by molar-refractivity contribution is 5.20. The first-order chi connectivity index (χ1) is 10.3. The van der Waals surface area contributed by atoms with Crippen molar-refractivity contribution in [2.45, 2.75) is 57.3 Å². The number of rotatable bonds is 5. The van der Waals surface area contributed by atoms with E-state index in [9.17, 15) is 0 Å². The molecule has 0 bridgehead atoms. The van der Waals surface area contributed by atoms with Gasteiger partial charge in [-0.15, -0.1) is 0 Å². The average Bonchev–Trinajstić information content (AvgIpc) is 2.97. The van der Waals surface area contributed by atoms with Crippen LogP contribution in [0.15, 0.2) is 30.3 Å². The lowest BCUT2D eigenvalue weighted by atomic mass is 10.00. The van der Waals surface area contributed by atoms with Crippen LogP contribution in [0.5, 0.6) is 0 Å². The largest absolute Gasteiger partial charge is 0.375 e. The molecule has 2 fully saturated rings. The predicted octanol–water partition coefficient (Wildman–Crippen LogP) is 2.98. The normalized spacial score (nSPS) is 27.8. The smallest absolute Gasteiger partial charge is 0.0731 e. The van der Waals surface area contributed by atoms with E-state index in [0.717, 1.165) is 19.7 Å². The van der Waals surface area contributed by atoms with Gasteiger partial charge in [0.05, 0.1) is 12.7 Å². The van der Waals surface area contributed by atoms with Crippen LogP contribution >= 0.6 is 0 Å². The third-order valence-corrected chi connectivity index (χ3v) is 4.83. The maximum atomic E-state index is 5.98. The Balaban J connectivity index is 1.80. The van der Waals surface area contributed by atoms with Crippen molar-refractivity contribution in [3.8, 4) is 0 Å². The van der Waals surface area contributed by atoms with Crippen LogP contribution in [0.1, 0.15) is 44.7 Å². The number of benzene rings is 1. The highest BCUT2D eigenvalue weighted by Crippen LogP contribution is 2.35. The topological polar surface area (TPSA) is 24.5 Å². The molecule has 21 heavy (non-hydrogen) atoms. The molecule has 0 amide bonds. The number of ether oxygens (including phenoxy) is 1. The van der Waals surface area contributed by atoms with Gasteiger partial charge in [0, 0.05) is 31.2 Å². The van der Waals surface area contributed by atoms with Crippen molar-refractivity contribution in [1.82, 2.24) is 10.2 Å². The Morgan fingerprint density at radius 2 is 2.05 bits per heavy atom. The summed E-state index contributed by atoms with van der Waals surface area (Å²) in [6.07, 6.45) is 4.30. The van der Waals surface area contributed by atoms with E-state index >= 15 is 0 Å². The fourth-order valence-corrected chi connectivity index (χ4v) is 3.79. The molecule has 1 N–H and O–H groups in total. The molecule has 0 aromatic heterocycles. The Morgan fingerprint density at radius 1 is 1.24 bits per heavy atom. The van der Waals surface area contributed by atoms with Crippen LogP contribution in [-0.4, -0.2) is 42.8 Å². The first kappa shape index (κ1) is 15.0. The standard InChI is InChI=1S/C18H28N2O/c1-14(2)19-13-17(15-7-4-3-5-8-15)20-11-12-21-18-10-6-9-16(18)20/h3-5,7-8,14,16-19H,6,9-13H2,1-2H3. The Labute approximate surface area is 128 Å². The molecule has 3 nitrogen and oxygen atoms in total. The summed E-state index contributed by atoms with van der Waals surface area (Å²) in [6.45, 7) is 7.40. The molecule has 3 heteroatoms. The van der Waals surface area contributed by atoms with Crippen LogP contribution < -0.4 is 5.32 Å². The van der Waals surface area contributed by atoms with Gasteiger partial charge < -0.3 is 10.1 Å². The number of morpholine rings is 1. The van der Waals surface area contributed by atoms with Gasteiger partial charge in [-0.1, -0.05) is 44.2 Å². The van der Waals surface area contributed by atoms with E-state index in [2.05, 4.69) is 54.4 Å². The molecule has 116 valence electrons. The molecular weight excluding hydrogens is 260 g/mol. The molecule has 0 radical (unpaired) electrons. The van der Waals surface area contributed by atoms with E-state index in [1.165, 1.54) is 24.8 Å². The third kappa shape index (κ3) is 3.47. The van der Waals surface area contributed by atoms with Crippen molar-refractivity contribution in [2.24, 2.45) is 0 Å². The van der Waals surface area contributed by atoms with Crippen LogP contribution in [-0.2, 0) is 4.74 Å². The summed E-state index contributed by atoms with van der Waals surface area (Å²) in [5, 5.41) is 3.64. The highest BCUT2D eigenvalue weighted by atomic mass is 16.5. The molecule has 3 rings (SSSR count). The van der Waals surface area contributed by atoms with E-state index in [1.54, 1.807) is 0 Å². The van der Waals surface area contributed by atoms with Gasteiger partial charge in [-0.25, -0.2) is 0 Å². The van der Waals surface area contributed by atoms with Crippen molar-refractivity contribution >= 4 is 0 Å². The van der Waals surface area contributed by atoms with E-state index in [0.29, 0.717) is 24.2 Å². The van der Waals surface area contributed by atoms with Crippen LogP contribution in [0.25, 0.3) is 0 Å². The summed E-state index contributed by atoms with van der Waals surface area (Å²) in [7, 11) is 0. The minimum Gasteiger partial charge on any atom is -0.375 e. The SMILES string of the molecule is CC(C)NCC(c1ccccc1)N1CCOC2CCCC21. The zero-order valence-electron chi connectivity index (χ0n) is 13.3. The number of fused-ring (bicyclic) bond motifs is 1. The Bertz CT molecular complexity index is 434. The van der Waals surface area contributed by atoms with Crippen LogP contribution in [0.4, 0.5) is 0 Å². The Hall–Kier alpha value is -0.900. The number of hydrogen-bond acceptors (Lipinski definition) is 3. The lowest BCUT2D eigenvalue weighted by Crippen LogP contribution is -2.52. The fraction of sp³-hybridized carbons (Fsp3) is 0.667. The van der Waals surface area contributed by atoms with Gasteiger partial charge in [-0.2, -0.15) is 0 Å². The van der Waals surface area contributed by atoms with Gasteiger partial charge in [-0.3, -0.25) is 4.90 Å². The van der Waals surface area contributed by atoms with E-state index < -0.39 is 0 Å². The van der Waals surface area contributed by atoms with Gasteiger partial charge in [0.2, 0.25) is 0 Å². The summed E-state index contributed by atoms with van der Waals surface area (Å²) in [5.74, 6) is 0. The third-order valence-electron chi connectivity index (χ3n) is 4.83. The summed E-state index contributed by atoms with van der Waals surface area (Å²) in [6, 6.07) is 12.6. The van der Waals surface area contributed by atoms with Gasteiger partial charge in [0.15, 0.2) is 0 Å². The molecule has 1 aromatic carbocycles. The zero-order valence-corrected chi connectivity index (χ0v) is 13.3. The second kappa shape index (κ2) is 6.91. The van der Waals surface area contributed by atoms with Crippen molar-refractivity contribution in [1.29, 1.82) is 0 Å². The van der Waals surface area contributed by atoms with Crippen molar-refractivity contribution < 1.29 is 4.74 Å². The molecule has 1 saturated heterocycles. The second-order valence-electron chi connectivity index (χ2n) is 6.63. The van der Waals surface area contributed by atoms with E-state index in [-0.39, 0.29) is 0 Å². The lowest BCUT2D eigenvalue weighted by molar-refractivity contribution is -0.0723.